The van der Waals surface area contributed by atoms with Crippen molar-refractivity contribution in [1.29, 1.82) is 0 Å². The summed E-state index contributed by atoms with van der Waals surface area (Å²) in [5.74, 6) is 2.21. The second-order valence-electron chi connectivity index (χ2n) is 5.56. The lowest BCUT2D eigenvalue weighted by Gasteiger charge is -2.29. The molecule has 4 atom stereocenters. The summed E-state index contributed by atoms with van der Waals surface area (Å²) < 4.78 is 25.5. The van der Waals surface area contributed by atoms with Gasteiger partial charge in [-0.05, 0) is 0 Å². The van der Waals surface area contributed by atoms with E-state index in [0.29, 0.717) is 0 Å². The number of aromatic nitrogens is 4. The summed E-state index contributed by atoms with van der Waals surface area (Å²) in [6.07, 6.45) is 4.80. The number of terminal acetylenes is 1. The molecule has 1 saturated heterocycles. The number of hydrogen-bond acceptors (Lipinski definition) is 8. The van der Waals surface area contributed by atoms with Crippen molar-refractivity contribution in [2.45, 2.75) is 23.5 Å². The highest BCUT2D eigenvalue weighted by molar-refractivity contribution is 5.81. The highest BCUT2D eigenvalue weighted by atomic mass is 19.1. The highest BCUT2D eigenvalue weighted by Gasteiger charge is 2.64. The average molecular weight is 337 g/mol. The number of alkyl halides is 1. The van der Waals surface area contributed by atoms with Crippen LogP contribution in [0, 0.1) is 12.3 Å². The molecule has 0 aromatic carbocycles. The molecule has 0 bridgehead atoms. The molecule has 24 heavy (non-hydrogen) atoms. The van der Waals surface area contributed by atoms with Crippen molar-refractivity contribution in [3.8, 4) is 12.3 Å². The summed E-state index contributed by atoms with van der Waals surface area (Å²) >= 11 is 0. The number of aliphatic hydroxyl groups excluding tert-OH is 1. The molecule has 128 valence electrons. The number of fused-ring (bicyclic) bond motifs is 1. The molecule has 2 aromatic rings. The molecule has 2 aromatic heterocycles. The minimum Gasteiger partial charge on any atom is -0.386 e. The van der Waals surface area contributed by atoms with Crippen molar-refractivity contribution < 1.29 is 24.1 Å². The maximum Gasteiger partial charge on any atom is 0.199 e. The molecule has 10 heteroatoms. The van der Waals surface area contributed by atoms with E-state index >= 15 is 0 Å². The predicted molar refractivity (Wildman–Crippen MR) is 80.2 cm³/mol. The van der Waals surface area contributed by atoms with E-state index in [1.165, 1.54) is 24.3 Å². The first-order valence-corrected chi connectivity index (χ1v) is 6.97. The molecule has 1 aliphatic heterocycles. The van der Waals surface area contributed by atoms with Crippen LogP contribution in [0.1, 0.15) is 6.23 Å². The van der Waals surface area contributed by atoms with Gasteiger partial charge in [0.25, 0.3) is 0 Å². The molecule has 9 nitrogen and oxygen atoms in total. The molecule has 3 rings (SSSR count). The number of nitrogen functional groups attached to an aromatic ring is 1. The van der Waals surface area contributed by atoms with Crippen LogP contribution >= 0.6 is 0 Å². The van der Waals surface area contributed by atoms with Crippen molar-refractivity contribution in [1.82, 2.24) is 19.5 Å². The van der Waals surface area contributed by atoms with Gasteiger partial charge in [0.1, 0.15) is 24.6 Å². The second-order valence-corrected chi connectivity index (χ2v) is 5.56. The summed E-state index contributed by atoms with van der Waals surface area (Å²) in [5.41, 5.74) is 2.16. The smallest absolute Gasteiger partial charge is 0.199 e. The number of ether oxygens (including phenoxy) is 2. The zero-order valence-electron chi connectivity index (χ0n) is 12.8. The van der Waals surface area contributed by atoms with Gasteiger partial charge in [0.05, 0.1) is 12.9 Å². The largest absolute Gasteiger partial charge is 0.386 e. The van der Waals surface area contributed by atoms with Crippen molar-refractivity contribution in [2.75, 3.05) is 26.1 Å². The first kappa shape index (κ1) is 16.5. The Morgan fingerprint density at radius 3 is 2.92 bits per heavy atom. The Kier molecular flexibility index (Phi) is 3.89. The molecule has 4 unspecified atom stereocenters. The summed E-state index contributed by atoms with van der Waals surface area (Å²) in [7, 11) is 1.32. The first-order chi connectivity index (χ1) is 11.4. The molecule has 0 spiro atoms. The van der Waals surface area contributed by atoms with E-state index in [2.05, 4.69) is 20.9 Å². The van der Waals surface area contributed by atoms with Crippen LogP contribution in [-0.4, -0.2) is 67.4 Å². The number of methoxy groups -OCH3 is 1. The van der Waals surface area contributed by atoms with Gasteiger partial charge in [0.2, 0.25) is 0 Å². The lowest BCUT2D eigenvalue weighted by atomic mass is 9.87. The van der Waals surface area contributed by atoms with E-state index in [1.54, 1.807) is 0 Å². The lowest BCUT2D eigenvalue weighted by molar-refractivity contribution is -0.143. The van der Waals surface area contributed by atoms with Gasteiger partial charge in [0, 0.05) is 7.11 Å². The number of hydrogen-bond donors (Lipinski definition) is 3. The van der Waals surface area contributed by atoms with Crippen LogP contribution in [0.25, 0.3) is 11.2 Å². The van der Waals surface area contributed by atoms with Crippen molar-refractivity contribution in [3.63, 3.8) is 0 Å². The van der Waals surface area contributed by atoms with Crippen LogP contribution in [0.15, 0.2) is 12.7 Å². The van der Waals surface area contributed by atoms with Crippen molar-refractivity contribution in [3.05, 3.63) is 12.7 Å². The number of aliphatic hydroxyl groups is 2. The fourth-order valence-corrected chi connectivity index (χ4v) is 2.87. The van der Waals surface area contributed by atoms with Gasteiger partial charge in [-0.15, -0.1) is 6.42 Å². The molecular formula is C14H16FN5O4. The Bertz CT molecular complexity index is 808. The van der Waals surface area contributed by atoms with Crippen LogP contribution in [0.5, 0.6) is 0 Å². The van der Waals surface area contributed by atoms with Crippen molar-refractivity contribution >= 4 is 17.0 Å². The van der Waals surface area contributed by atoms with E-state index in [-0.39, 0.29) is 23.6 Å². The predicted octanol–water partition coefficient (Wildman–Crippen LogP) is -0.983. The molecule has 1 fully saturated rings. The van der Waals surface area contributed by atoms with Crippen LogP contribution in [-0.2, 0) is 9.47 Å². The number of nitrogens with two attached hydrogens (primary N) is 1. The highest BCUT2D eigenvalue weighted by Crippen LogP contribution is 2.45. The SMILES string of the molecule is C#CC1(O)C(n2cnc3c(N)ncnc32)OC(CF)(COC)C1O. The van der Waals surface area contributed by atoms with E-state index in [1.807, 2.05) is 0 Å². The van der Waals surface area contributed by atoms with Gasteiger partial charge in [-0.1, -0.05) is 5.92 Å². The first-order valence-electron chi connectivity index (χ1n) is 6.97. The fourth-order valence-electron chi connectivity index (χ4n) is 2.87. The number of imidazole rings is 1. The zero-order valence-corrected chi connectivity index (χ0v) is 12.8. The Balaban J connectivity index is 2.15. The van der Waals surface area contributed by atoms with Gasteiger partial charge < -0.3 is 25.4 Å². The summed E-state index contributed by atoms with van der Waals surface area (Å²) in [4.78, 5) is 11.9. The van der Waals surface area contributed by atoms with Gasteiger partial charge in [-0.2, -0.15) is 0 Å². The standard InChI is InChI=1S/C14H16FN5O4/c1-3-14(22)11(21)13(4-15,5-23-2)24-12(14)20-7-19-8-9(16)17-6-18-10(8)20/h1,6-7,11-12,21-22H,4-5H2,2H3,(H2,16,17,18). The lowest BCUT2D eigenvalue weighted by Crippen LogP contribution is -2.53. The van der Waals surface area contributed by atoms with E-state index in [4.69, 9.17) is 21.6 Å². The van der Waals surface area contributed by atoms with E-state index in [9.17, 15) is 14.6 Å². The van der Waals surface area contributed by atoms with Crippen LogP contribution in [0.4, 0.5) is 10.2 Å². The minimum atomic E-state index is -2.22. The third-order valence-corrected chi connectivity index (χ3v) is 4.12. The molecule has 4 N–H and O–H groups in total. The molecule has 0 saturated carbocycles. The monoisotopic (exact) mass is 337 g/mol. The quantitative estimate of drug-likeness (QED) is 0.607. The molecule has 1 aliphatic rings. The molecular weight excluding hydrogens is 321 g/mol. The van der Waals surface area contributed by atoms with Gasteiger partial charge >= 0.3 is 0 Å². The second kappa shape index (κ2) is 5.64. The molecule has 0 radical (unpaired) electrons. The Morgan fingerprint density at radius 2 is 2.29 bits per heavy atom. The summed E-state index contributed by atoms with van der Waals surface area (Å²) in [6.45, 7) is -1.43. The van der Waals surface area contributed by atoms with E-state index in [0.717, 1.165) is 0 Å². The van der Waals surface area contributed by atoms with Gasteiger partial charge in [0.15, 0.2) is 28.9 Å². The average Bonchev–Trinajstić information content (AvgIpc) is 3.10. The summed E-state index contributed by atoms with van der Waals surface area (Å²) in [6, 6.07) is 0. The third kappa shape index (κ3) is 2.06. The number of rotatable bonds is 4. The Morgan fingerprint density at radius 1 is 1.54 bits per heavy atom. The zero-order chi connectivity index (χ0) is 17.5. The Labute approximate surface area is 136 Å². The molecule has 0 amide bonds. The topological polar surface area (TPSA) is 129 Å². The number of halogens is 1. The number of nitrogens with zero attached hydrogens (tertiary/aromatic N) is 4. The van der Waals surface area contributed by atoms with Crippen molar-refractivity contribution in [2.24, 2.45) is 0 Å². The third-order valence-electron chi connectivity index (χ3n) is 4.12. The van der Waals surface area contributed by atoms with Gasteiger partial charge in [-0.25, -0.2) is 19.3 Å². The fraction of sp³-hybridized carbons (Fsp3) is 0.500. The van der Waals surface area contributed by atoms with Crippen LogP contribution in [0.3, 0.4) is 0 Å². The van der Waals surface area contributed by atoms with E-state index < -0.39 is 30.2 Å². The van der Waals surface area contributed by atoms with Gasteiger partial charge in [-0.3, -0.25) is 4.57 Å². The minimum absolute atomic E-state index is 0.121. The Hall–Kier alpha value is -2.32. The normalized spacial score (nSPS) is 33.0. The molecule has 3 heterocycles. The van der Waals surface area contributed by atoms with Crippen LogP contribution < -0.4 is 5.73 Å². The summed E-state index contributed by atoms with van der Waals surface area (Å²) in [5, 5.41) is 21.2. The number of anilines is 1. The molecule has 0 aliphatic carbocycles. The van der Waals surface area contributed by atoms with Crippen LogP contribution in [0.2, 0.25) is 0 Å². The maximum atomic E-state index is 13.6. The maximum absolute atomic E-state index is 13.6.